The second-order valence-electron chi connectivity index (χ2n) is 4.79. The van der Waals surface area contributed by atoms with Crippen LogP contribution in [0.25, 0.3) is 21.5 Å². The molecule has 21 heavy (non-hydrogen) atoms. The predicted octanol–water partition coefficient (Wildman–Crippen LogP) is 4.02. The zero-order valence-electron chi connectivity index (χ0n) is 11.9. The lowest BCUT2D eigenvalue weighted by atomic mass is 10.1. The van der Waals surface area contributed by atoms with Gasteiger partial charge in [-0.2, -0.15) is 0 Å². The van der Waals surface area contributed by atoms with Gasteiger partial charge >= 0.3 is 0 Å². The molecule has 1 aromatic carbocycles. The summed E-state index contributed by atoms with van der Waals surface area (Å²) in [6.45, 7) is 4.81. The molecule has 0 bridgehead atoms. The molecule has 0 spiro atoms. The van der Waals surface area contributed by atoms with Crippen molar-refractivity contribution in [2.45, 2.75) is 20.3 Å². The first-order chi connectivity index (χ1) is 10.2. The predicted molar refractivity (Wildman–Crippen MR) is 84.1 cm³/mol. The fraction of sp³-hybridized carbons (Fsp3) is 0.267. The SMILES string of the molecule is CCCNc1nnc(-c2cc(C)nc3c(F)cccc23)s1. The Morgan fingerprint density at radius 3 is 2.95 bits per heavy atom. The van der Waals surface area contributed by atoms with Gasteiger partial charge in [-0.1, -0.05) is 30.4 Å². The molecule has 0 saturated carbocycles. The van der Waals surface area contributed by atoms with Crippen LogP contribution in [0.15, 0.2) is 24.3 Å². The molecule has 4 nitrogen and oxygen atoms in total. The molecule has 0 fully saturated rings. The number of halogens is 1. The number of aromatic nitrogens is 3. The summed E-state index contributed by atoms with van der Waals surface area (Å²) in [5.41, 5.74) is 2.02. The molecule has 0 aliphatic heterocycles. The van der Waals surface area contributed by atoms with Crippen molar-refractivity contribution in [3.05, 3.63) is 35.8 Å². The summed E-state index contributed by atoms with van der Waals surface area (Å²) in [5, 5.41) is 13.9. The number of aryl methyl sites for hydroxylation is 1. The number of rotatable bonds is 4. The normalized spacial score (nSPS) is 11.0. The van der Waals surface area contributed by atoms with Crippen LogP contribution in [0, 0.1) is 12.7 Å². The highest BCUT2D eigenvalue weighted by molar-refractivity contribution is 7.18. The molecule has 0 radical (unpaired) electrons. The summed E-state index contributed by atoms with van der Waals surface area (Å²) in [5.74, 6) is -0.314. The van der Waals surface area contributed by atoms with E-state index in [0.29, 0.717) is 5.52 Å². The number of fused-ring (bicyclic) bond motifs is 1. The Morgan fingerprint density at radius 2 is 2.14 bits per heavy atom. The van der Waals surface area contributed by atoms with Crippen LogP contribution < -0.4 is 5.32 Å². The molecule has 2 aromatic heterocycles. The van der Waals surface area contributed by atoms with Gasteiger partial charge in [0.05, 0.1) is 0 Å². The van der Waals surface area contributed by atoms with E-state index in [0.717, 1.165) is 39.7 Å². The average molecular weight is 302 g/mol. The molecule has 0 aliphatic rings. The minimum Gasteiger partial charge on any atom is -0.360 e. The Labute approximate surface area is 126 Å². The van der Waals surface area contributed by atoms with E-state index in [4.69, 9.17) is 0 Å². The first kappa shape index (κ1) is 13.9. The minimum absolute atomic E-state index is 0.314. The van der Waals surface area contributed by atoms with Gasteiger partial charge in [0.25, 0.3) is 0 Å². The van der Waals surface area contributed by atoms with Crippen LogP contribution in [-0.2, 0) is 0 Å². The summed E-state index contributed by atoms with van der Waals surface area (Å²) in [6.07, 6.45) is 1.03. The van der Waals surface area contributed by atoms with Crippen LogP contribution in [0.5, 0.6) is 0 Å². The average Bonchev–Trinajstić information content (AvgIpc) is 2.94. The lowest BCUT2D eigenvalue weighted by molar-refractivity contribution is 0.636. The molecule has 0 saturated heterocycles. The van der Waals surface area contributed by atoms with Crippen molar-refractivity contribution >= 4 is 27.4 Å². The molecule has 0 aliphatic carbocycles. The van der Waals surface area contributed by atoms with Crippen molar-refractivity contribution in [3.63, 3.8) is 0 Å². The molecule has 6 heteroatoms. The Balaban J connectivity index is 2.11. The van der Waals surface area contributed by atoms with Crippen molar-refractivity contribution in [1.82, 2.24) is 15.2 Å². The van der Waals surface area contributed by atoms with Gasteiger partial charge in [-0.05, 0) is 25.5 Å². The topological polar surface area (TPSA) is 50.7 Å². The van der Waals surface area contributed by atoms with E-state index < -0.39 is 0 Å². The maximum Gasteiger partial charge on any atom is 0.206 e. The van der Waals surface area contributed by atoms with E-state index in [9.17, 15) is 4.39 Å². The molecule has 2 heterocycles. The lowest BCUT2D eigenvalue weighted by Crippen LogP contribution is -1.98. The van der Waals surface area contributed by atoms with Crippen LogP contribution >= 0.6 is 11.3 Å². The Morgan fingerprint density at radius 1 is 1.29 bits per heavy atom. The standard InChI is InChI=1S/C15H15FN4S/c1-3-7-17-15-20-19-14(21-15)11-8-9(2)18-13-10(11)5-4-6-12(13)16/h4-6,8H,3,7H2,1-2H3,(H,17,20). The molecule has 0 unspecified atom stereocenters. The summed E-state index contributed by atoms with van der Waals surface area (Å²) in [7, 11) is 0. The number of anilines is 1. The highest BCUT2D eigenvalue weighted by Crippen LogP contribution is 2.33. The van der Waals surface area contributed by atoms with Gasteiger partial charge in [-0.15, -0.1) is 10.2 Å². The number of para-hydroxylation sites is 1. The molecule has 0 atom stereocenters. The molecule has 108 valence electrons. The Bertz CT molecular complexity index is 784. The maximum absolute atomic E-state index is 13.9. The molecule has 1 N–H and O–H groups in total. The van der Waals surface area contributed by atoms with Crippen LogP contribution in [0.1, 0.15) is 19.0 Å². The number of nitrogens with one attached hydrogen (secondary N) is 1. The zero-order chi connectivity index (χ0) is 14.8. The van der Waals surface area contributed by atoms with Crippen molar-refractivity contribution < 1.29 is 4.39 Å². The van der Waals surface area contributed by atoms with E-state index in [1.165, 1.54) is 17.4 Å². The number of hydrogen-bond donors (Lipinski definition) is 1. The Kier molecular flexibility index (Phi) is 3.79. The number of nitrogens with zero attached hydrogens (tertiary/aromatic N) is 3. The summed E-state index contributed by atoms with van der Waals surface area (Å²) >= 11 is 1.47. The van der Waals surface area contributed by atoms with Crippen LogP contribution in [0.2, 0.25) is 0 Å². The van der Waals surface area contributed by atoms with Crippen molar-refractivity contribution in [1.29, 1.82) is 0 Å². The van der Waals surface area contributed by atoms with Crippen molar-refractivity contribution in [3.8, 4) is 10.6 Å². The smallest absolute Gasteiger partial charge is 0.206 e. The first-order valence-electron chi connectivity index (χ1n) is 6.82. The van der Waals surface area contributed by atoms with E-state index >= 15 is 0 Å². The third-order valence-electron chi connectivity index (χ3n) is 3.10. The van der Waals surface area contributed by atoms with Gasteiger partial charge in [0.2, 0.25) is 5.13 Å². The van der Waals surface area contributed by atoms with E-state index in [2.05, 4.69) is 27.4 Å². The van der Waals surface area contributed by atoms with Gasteiger partial charge in [0, 0.05) is 23.2 Å². The van der Waals surface area contributed by atoms with Gasteiger partial charge in [-0.3, -0.25) is 0 Å². The third kappa shape index (κ3) is 2.71. The third-order valence-corrected chi connectivity index (χ3v) is 4.01. The summed E-state index contributed by atoms with van der Waals surface area (Å²) < 4.78 is 13.9. The second kappa shape index (κ2) is 5.73. The van der Waals surface area contributed by atoms with Gasteiger partial charge < -0.3 is 5.32 Å². The molecule has 3 rings (SSSR count). The first-order valence-corrected chi connectivity index (χ1v) is 7.64. The second-order valence-corrected chi connectivity index (χ2v) is 5.76. The largest absolute Gasteiger partial charge is 0.360 e. The van der Waals surface area contributed by atoms with Crippen LogP contribution in [0.3, 0.4) is 0 Å². The van der Waals surface area contributed by atoms with Gasteiger partial charge in [-0.25, -0.2) is 9.37 Å². The monoisotopic (exact) mass is 302 g/mol. The number of benzene rings is 1. The summed E-state index contributed by atoms with van der Waals surface area (Å²) in [4.78, 5) is 4.28. The van der Waals surface area contributed by atoms with Crippen molar-refractivity contribution in [2.24, 2.45) is 0 Å². The van der Waals surface area contributed by atoms with Crippen LogP contribution in [0.4, 0.5) is 9.52 Å². The number of pyridine rings is 1. The highest BCUT2D eigenvalue weighted by atomic mass is 32.1. The lowest BCUT2D eigenvalue weighted by Gasteiger charge is -2.05. The zero-order valence-corrected chi connectivity index (χ0v) is 12.7. The fourth-order valence-corrected chi connectivity index (χ4v) is 2.95. The van der Waals surface area contributed by atoms with E-state index in [1.54, 1.807) is 6.07 Å². The maximum atomic E-state index is 13.9. The summed E-state index contributed by atoms with van der Waals surface area (Å²) in [6, 6.07) is 6.90. The molecule has 0 amide bonds. The minimum atomic E-state index is -0.314. The molecule has 3 aromatic rings. The quantitative estimate of drug-likeness (QED) is 0.790. The number of hydrogen-bond acceptors (Lipinski definition) is 5. The van der Waals surface area contributed by atoms with Crippen LogP contribution in [-0.4, -0.2) is 21.7 Å². The van der Waals surface area contributed by atoms with Crippen molar-refractivity contribution in [2.75, 3.05) is 11.9 Å². The van der Waals surface area contributed by atoms with Gasteiger partial charge in [0.1, 0.15) is 16.3 Å². The van der Waals surface area contributed by atoms with E-state index in [1.807, 2.05) is 19.1 Å². The van der Waals surface area contributed by atoms with Gasteiger partial charge in [0.15, 0.2) is 0 Å². The molecular formula is C15H15FN4S. The van der Waals surface area contributed by atoms with E-state index in [-0.39, 0.29) is 5.82 Å². The molecular weight excluding hydrogens is 287 g/mol. The fourth-order valence-electron chi connectivity index (χ4n) is 2.15. The highest BCUT2D eigenvalue weighted by Gasteiger charge is 2.13. The Hall–Kier alpha value is -2.08.